The van der Waals surface area contributed by atoms with Crippen LogP contribution in [0.1, 0.15) is 16.1 Å². The summed E-state index contributed by atoms with van der Waals surface area (Å²) in [7, 11) is 0. The zero-order valence-corrected chi connectivity index (χ0v) is 7.86. The highest BCUT2D eigenvalue weighted by atomic mass is 16.5. The number of fused-ring (bicyclic) bond motifs is 2. The minimum atomic E-state index is -0.374. The molecule has 15 heavy (non-hydrogen) atoms. The Morgan fingerprint density at radius 1 is 1.33 bits per heavy atom. The summed E-state index contributed by atoms with van der Waals surface area (Å²) in [5.74, 6) is -0.374. The molecule has 0 saturated carbocycles. The standard InChI is InChI=1S/C11H8N2O2/c12-10-6-3-1-2-4-7(6)13-8-5-15-11(14)9(8)10/h1-4H,5H2,(H2,12,13). The maximum Gasteiger partial charge on any atom is 0.342 e. The maximum atomic E-state index is 11.4. The summed E-state index contributed by atoms with van der Waals surface area (Å²) in [5, 5.41) is 0.801. The lowest BCUT2D eigenvalue weighted by Crippen LogP contribution is -2.02. The third kappa shape index (κ3) is 1.01. The van der Waals surface area contributed by atoms with E-state index in [4.69, 9.17) is 10.5 Å². The normalized spacial score (nSPS) is 14.0. The molecular formula is C11H8N2O2. The molecule has 0 unspecified atom stereocenters. The number of hydrogen-bond acceptors (Lipinski definition) is 4. The van der Waals surface area contributed by atoms with Crippen LogP contribution in [0.2, 0.25) is 0 Å². The minimum absolute atomic E-state index is 0.225. The van der Waals surface area contributed by atoms with Crippen LogP contribution in [-0.4, -0.2) is 11.0 Å². The number of carbonyl (C=O) groups is 1. The second-order valence-corrected chi connectivity index (χ2v) is 3.44. The van der Waals surface area contributed by atoms with Crippen molar-refractivity contribution in [1.82, 2.24) is 4.98 Å². The number of ether oxygens (including phenoxy) is 1. The predicted octanol–water partition coefficient (Wildman–Crippen LogP) is 1.49. The molecule has 1 aromatic heterocycles. The lowest BCUT2D eigenvalue weighted by Gasteiger charge is -2.04. The lowest BCUT2D eigenvalue weighted by atomic mass is 10.1. The zero-order valence-electron chi connectivity index (χ0n) is 7.86. The summed E-state index contributed by atoms with van der Waals surface area (Å²) >= 11 is 0. The second-order valence-electron chi connectivity index (χ2n) is 3.44. The average molecular weight is 200 g/mol. The van der Waals surface area contributed by atoms with Crippen LogP contribution in [0.5, 0.6) is 0 Å². The molecule has 1 aromatic carbocycles. The van der Waals surface area contributed by atoms with Gasteiger partial charge >= 0.3 is 5.97 Å². The van der Waals surface area contributed by atoms with Crippen molar-refractivity contribution in [3.8, 4) is 0 Å². The largest absolute Gasteiger partial charge is 0.455 e. The van der Waals surface area contributed by atoms with Crippen LogP contribution in [-0.2, 0) is 11.3 Å². The molecule has 0 bridgehead atoms. The Morgan fingerprint density at radius 2 is 2.13 bits per heavy atom. The smallest absolute Gasteiger partial charge is 0.342 e. The number of nitrogens with two attached hydrogens (primary N) is 1. The molecule has 4 nitrogen and oxygen atoms in total. The van der Waals surface area contributed by atoms with Crippen molar-refractivity contribution in [3.63, 3.8) is 0 Å². The van der Waals surface area contributed by atoms with Gasteiger partial charge < -0.3 is 10.5 Å². The Hall–Kier alpha value is -2.10. The fourth-order valence-electron chi connectivity index (χ4n) is 1.83. The van der Waals surface area contributed by atoms with E-state index < -0.39 is 0 Å². The fourth-order valence-corrected chi connectivity index (χ4v) is 1.83. The van der Waals surface area contributed by atoms with Gasteiger partial charge in [0.15, 0.2) is 0 Å². The van der Waals surface area contributed by atoms with Gasteiger partial charge in [-0.3, -0.25) is 0 Å². The molecular weight excluding hydrogens is 192 g/mol. The van der Waals surface area contributed by atoms with E-state index in [0.29, 0.717) is 16.9 Å². The van der Waals surface area contributed by atoms with Crippen molar-refractivity contribution in [2.24, 2.45) is 0 Å². The van der Waals surface area contributed by atoms with Crippen molar-refractivity contribution >= 4 is 22.6 Å². The van der Waals surface area contributed by atoms with E-state index in [-0.39, 0.29) is 12.6 Å². The van der Waals surface area contributed by atoms with Crippen molar-refractivity contribution < 1.29 is 9.53 Å². The predicted molar refractivity (Wildman–Crippen MR) is 55.3 cm³/mol. The zero-order chi connectivity index (χ0) is 10.4. The number of cyclic esters (lactones) is 1. The summed E-state index contributed by atoms with van der Waals surface area (Å²) in [4.78, 5) is 15.7. The Labute approximate surface area is 85.7 Å². The quantitative estimate of drug-likeness (QED) is 0.654. The van der Waals surface area contributed by atoms with E-state index in [1.54, 1.807) is 0 Å². The highest BCUT2D eigenvalue weighted by molar-refractivity contribution is 6.06. The fraction of sp³-hybridized carbons (Fsp3) is 0.0909. The minimum Gasteiger partial charge on any atom is -0.455 e. The average Bonchev–Trinajstić information content (AvgIpc) is 2.61. The van der Waals surface area contributed by atoms with Crippen molar-refractivity contribution in [3.05, 3.63) is 35.5 Å². The third-order valence-corrected chi connectivity index (χ3v) is 2.55. The van der Waals surface area contributed by atoms with E-state index in [0.717, 1.165) is 10.9 Å². The summed E-state index contributed by atoms with van der Waals surface area (Å²) in [6, 6.07) is 7.48. The molecule has 0 amide bonds. The van der Waals surface area contributed by atoms with Crippen molar-refractivity contribution in [1.29, 1.82) is 0 Å². The van der Waals surface area contributed by atoms with Crippen LogP contribution in [0.3, 0.4) is 0 Å². The van der Waals surface area contributed by atoms with Gasteiger partial charge in [0.1, 0.15) is 12.2 Å². The molecule has 0 spiro atoms. The Bertz CT molecular complexity index is 578. The first-order valence-electron chi connectivity index (χ1n) is 4.61. The van der Waals surface area contributed by atoms with Crippen LogP contribution in [0.25, 0.3) is 10.9 Å². The molecule has 1 aliphatic heterocycles. The van der Waals surface area contributed by atoms with E-state index in [9.17, 15) is 4.79 Å². The van der Waals surface area contributed by atoms with Gasteiger partial charge in [0, 0.05) is 5.39 Å². The van der Waals surface area contributed by atoms with Crippen molar-refractivity contribution in [2.45, 2.75) is 6.61 Å². The Balaban J connectivity index is 2.46. The molecule has 4 heteroatoms. The molecule has 2 aromatic rings. The first-order chi connectivity index (χ1) is 7.27. The number of aromatic nitrogens is 1. The summed E-state index contributed by atoms with van der Waals surface area (Å²) in [6.45, 7) is 0.225. The number of nitrogen functional groups attached to an aromatic ring is 1. The van der Waals surface area contributed by atoms with Crippen LogP contribution >= 0.6 is 0 Å². The number of carbonyl (C=O) groups excluding carboxylic acids is 1. The molecule has 0 fully saturated rings. The topological polar surface area (TPSA) is 65.2 Å². The van der Waals surface area contributed by atoms with E-state index in [2.05, 4.69) is 4.98 Å². The number of nitrogens with zero attached hydrogens (tertiary/aromatic N) is 1. The lowest BCUT2D eigenvalue weighted by molar-refractivity contribution is 0.0534. The van der Waals surface area contributed by atoms with E-state index >= 15 is 0 Å². The van der Waals surface area contributed by atoms with Gasteiger partial charge in [-0.2, -0.15) is 0 Å². The van der Waals surface area contributed by atoms with Gasteiger partial charge in [-0.15, -0.1) is 0 Å². The van der Waals surface area contributed by atoms with Crippen molar-refractivity contribution in [2.75, 3.05) is 5.73 Å². The number of rotatable bonds is 0. The number of hydrogen-bond donors (Lipinski definition) is 1. The number of para-hydroxylation sites is 1. The Morgan fingerprint density at radius 3 is 3.00 bits per heavy atom. The third-order valence-electron chi connectivity index (χ3n) is 2.55. The van der Waals surface area contributed by atoms with Gasteiger partial charge in [0.2, 0.25) is 0 Å². The molecule has 74 valence electrons. The first kappa shape index (κ1) is 8.23. The monoisotopic (exact) mass is 200 g/mol. The molecule has 1 aliphatic rings. The van der Waals surface area contributed by atoms with E-state index in [1.807, 2.05) is 24.3 Å². The highest BCUT2D eigenvalue weighted by Gasteiger charge is 2.26. The Kier molecular flexibility index (Phi) is 1.48. The van der Waals surface area contributed by atoms with E-state index in [1.165, 1.54) is 0 Å². The molecule has 0 aliphatic carbocycles. The number of benzene rings is 1. The molecule has 2 heterocycles. The van der Waals surface area contributed by atoms with Gasteiger partial charge in [-0.1, -0.05) is 18.2 Å². The number of anilines is 1. The molecule has 0 atom stereocenters. The summed E-state index contributed by atoms with van der Waals surface area (Å²) < 4.78 is 4.89. The first-order valence-corrected chi connectivity index (χ1v) is 4.61. The van der Waals surface area contributed by atoms with Crippen LogP contribution in [0.4, 0.5) is 5.69 Å². The summed E-state index contributed by atoms with van der Waals surface area (Å²) in [5.41, 5.74) is 8.25. The van der Waals surface area contributed by atoms with Gasteiger partial charge in [-0.25, -0.2) is 9.78 Å². The number of pyridine rings is 1. The molecule has 0 radical (unpaired) electrons. The molecule has 0 saturated heterocycles. The van der Waals surface area contributed by atoms with Crippen LogP contribution in [0, 0.1) is 0 Å². The molecule has 2 N–H and O–H groups in total. The second kappa shape index (κ2) is 2.70. The SMILES string of the molecule is Nc1c2c(nc3ccccc13)COC2=O. The highest BCUT2D eigenvalue weighted by Crippen LogP contribution is 2.30. The summed E-state index contributed by atoms with van der Waals surface area (Å²) in [6.07, 6.45) is 0. The maximum absolute atomic E-state index is 11.4. The van der Waals surface area contributed by atoms with Crippen LogP contribution < -0.4 is 5.73 Å². The number of esters is 1. The van der Waals surface area contributed by atoms with Gasteiger partial charge in [0.05, 0.1) is 16.9 Å². The van der Waals surface area contributed by atoms with Gasteiger partial charge in [-0.05, 0) is 6.07 Å². The molecule has 3 rings (SSSR count). The van der Waals surface area contributed by atoms with Crippen LogP contribution in [0.15, 0.2) is 24.3 Å². The van der Waals surface area contributed by atoms with Gasteiger partial charge in [0.25, 0.3) is 0 Å².